The van der Waals surface area contributed by atoms with Gasteiger partial charge >= 0.3 is 0 Å². The molecule has 6 heteroatoms. The number of benzene rings is 2. The molecule has 2 amide bonds. The van der Waals surface area contributed by atoms with E-state index >= 15 is 0 Å². The lowest BCUT2D eigenvalue weighted by molar-refractivity contribution is -0.255. The number of carboxylic acid groups (broad SMARTS) is 1. The van der Waals surface area contributed by atoms with E-state index in [-0.39, 0.29) is 16.7 Å². The quantitative estimate of drug-likeness (QED) is 0.604. The Hall–Kier alpha value is -2.73. The topological polar surface area (TPSA) is 77.5 Å². The number of nitrogens with zero attached hydrogens (tertiary/aromatic N) is 1. The van der Waals surface area contributed by atoms with Crippen LogP contribution in [0.1, 0.15) is 31.1 Å². The number of hydrogen-bond donors (Lipinski definition) is 0. The van der Waals surface area contributed by atoms with Crippen molar-refractivity contribution in [2.75, 3.05) is 4.90 Å². The second-order valence-corrected chi connectivity index (χ2v) is 4.96. The third kappa shape index (κ3) is 2.05. The summed E-state index contributed by atoms with van der Waals surface area (Å²) in [5, 5.41) is 10.8. The summed E-state index contributed by atoms with van der Waals surface area (Å²) in [6.45, 7) is 0. The molecule has 0 aliphatic carbocycles. The van der Waals surface area contributed by atoms with Gasteiger partial charge in [0.1, 0.15) is 0 Å². The van der Waals surface area contributed by atoms with Crippen LogP contribution in [0.15, 0.2) is 47.4 Å². The Labute approximate surface area is 125 Å². The molecule has 0 radical (unpaired) electrons. The lowest BCUT2D eigenvalue weighted by atomic mass is 10.1. The summed E-state index contributed by atoms with van der Waals surface area (Å²) in [6.07, 6.45) is 0. The molecule has 0 N–H and O–H groups in total. The molecule has 1 heterocycles. The molecular formula is C15H7NO4S-2. The molecular weight excluding hydrogens is 290 g/mol. The molecule has 0 aromatic heterocycles. The SMILES string of the molecule is O=C([O-])c1ccc2c(c1)C(=O)N(c1ccc([S-])cc1)C2=O. The van der Waals surface area contributed by atoms with Gasteiger partial charge in [0.05, 0.1) is 22.8 Å². The van der Waals surface area contributed by atoms with Gasteiger partial charge in [0.25, 0.3) is 11.8 Å². The van der Waals surface area contributed by atoms with Crippen molar-refractivity contribution in [3.8, 4) is 0 Å². The number of amides is 2. The van der Waals surface area contributed by atoms with Crippen molar-refractivity contribution in [1.29, 1.82) is 0 Å². The summed E-state index contributed by atoms with van der Waals surface area (Å²) < 4.78 is 0. The third-order valence-electron chi connectivity index (χ3n) is 3.22. The lowest BCUT2D eigenvalue weighted by Gasteiger charge is -2.15. The average Bonchev–Trinajstić information content (AvgIpc) is 2.72. The highest BCUT2D eigenvalue weighted by Crippen LogP contribution is 2.29. The first-order valence-corrected chi connectivity index (χ1v) is 6.41. The zero-order chi connectivity index (χ0) is 15.1. The molecule has 2 aromatic carbocycles. The van der Waals surface area contributed by atoms with Crippen LogP contribution in [0, 0.1) is 0 Å². The van der Waals surface area contributed by atoms with E-state index in [0.29, 0.717) is 10.6 Å². The van der Waals surface area contributed by atoms with Gasteiger partial charge in [-0.15, -0.1) is 0 Å². The average molecular weight is 297 g/mol. The Balaban J connectivity index is 2.08. The fourth-order valence-corrected chi connectivity index (χ4v) is 2.33. The maximum absolute atomic E-state index is 12.3. The highest BCUT2D eigenvalue weighted by atomic mass is 32.1. The third-order valence-corrected chi connectivity index (χ3v) is 3.49. The molecule has 5 nitrogen and oxygen atoms in total. The van der Waals surface area contributed by atoms with E-state index in [2.05, 4.69) is 0 Å². The molecule has 1 aliphatic heterocycles. The summed E-state index contributed by atoms with van der Waals surface area (Å²) in [7, 11) is 0. The molecule has 0 spiro atoms. The smallest absolute Gasteiger partial charge is 0.266 e. The minimum atomic E-state index is -1.40. The second kappa shape index (κ2) is 4.68. The van der Waals surface area contributed by atoms with Gasteiger partial charge in [-0.3, -0.25) is 9.59 Å². The minimum Gasteiger partial charge on any atom is -0.780 e. The molecule has 21 heavy (non-hydrogen) atoms. The molecule has 0 atom stereocenters. The van der Waals surface area contributed by atoms with Crippen LogP contribution in [0.4, 0.5) is 5.69 Å². The summed E-state index contributed by atoms with van der Waals surface area (Å²) >= 11 is 4.96. The molecule has 2 aromatic rings. The van der Waals surface area contributed by atoms with Crippen molar-refractivity contribution >= 4 is 36.1 Å². The van der Waals surface area contributed by atoms with Crippen LogP contribution in [-0.4, -0.2) is 17.8 Å². The molecule has 0 bridgehead atoms. The molecule has 1 aliphatic rings. The largest absolute Gasteiger partial charge is 0.780 e. The van der Waals surface area contributed by atoms with Gasteiger partial charge in [-0.25, -0.2) is 4.90 Å². The zero-order valence-corrected chi connectivity index (χ0v) is 11.3. The number of imide groups is 1. The summed E-state index contributed by atoms with van der Waals surface area (Å²) in [5.41, 5.74) is 0.485. The molecule has 0 saturated carbocycles. The van der Waals surface area contributed by atoms with E-state index in [4.69, 9.17) is 12.6 Å². The van der Waals surface area contributed by atoms with Gasteiger partial charge in [-0.2, -0.15) is 4.90 Å². The van der Waals surface area contributed by atoms with Gasteiger partial charge in [-0.1, -0.05) is 18.2 Å². The van der Waals surface area contributed by atoms with E-state index in [1.54, 1.807) is 24.3 Å². The van der Waals surface area contributed by atoms with Gasteiger partial charge in [-0.05, 0) is 29.8 Å². The molecule has 0 saturated heterocycles. The van der Waals surface area contributed by atoms with Crippen LogP contribution >= 0.6 is 0 Å². The van der Waals surface area contributed by atoms with Crippen molar-refractivity contribution in [2.45, 2.75) is 4.90 Å². The maximum Gasteiger partial charge on any atom is 0.266 e. The number of hydrogen-bond acceptors (Lipinski definition) is 5. The van der Waals surface area contributed by atoms with E-state index < -0.39 is 17.8 Å². The number of fused-ring (bicyclic) bond motifs is 1. The predicted octanol–water partition coefficient (Wildman–Crippen LogP) is 0.757. The van der Waals surface area contributed by atoms with Crippen LogP contribution in [0.3, 0.4) is 0 Å². The number of carbonyl (C=O) groups is 3. The van der Waals surface area contributed by atoms with Crippen LogP contribution < -0.4 is 10.0 Å². The van der Waals surface area contributed by atoms with E-state index in [1.807, 2.05) is 0 Å². The number of anilines is 1. The van der Waals surface area contributed by atoms with Crippen molar-refractivity contribution in [3.63, 3.8) is 0 Å². The summed E-state index contributed by atoms with van der Waals surface area (Å²) in [6, 6.07) is 10.1. The lowest BCUT2D eigenvalue weighted by Crippen LogP contribution is -2.29. The Morgan fingerprint density at radius 1 is 0.952 bits per heavy atom. The van der Waals surface area contributed by atoms with Crippen LogP contribution in [0.5, 0.6) is 0 Å². The fraction of sp³-hybridized carbons (Fsp3) is 0. The maximum atomic E-state index is 12.3. The van der Waals surface area contributed by atoms with Gasteiger partial charge in [0.2, 0.25) is 0 Å². The van der Waals surface area contributed by atoms with Gasteiger partial charge in [0, 0.05) is 0 Å². The van der Waals surface area contributed by atoms with Crippen LogP contribution in [0.2, 0.25) is 0 Å². The Kier molecular flexibility index (Phi) is 2.95. The Morgan fingerprint density at radius 2 is 1.57 bits per heavy atom. The first-order chi connectivity index (χ1) is 9.99. The zero-order valence-electron chi connectivity index (χ0n) is 10.5. The summed E-state index contributed by atoms with van der Waals surface area (Å²) in [5.74, 6) is -2.45. The van der Waals surface area contributed by atoms with Crippen LogP contribution in [0.25, 0.3) is 0 Å². The number of carbonyl (C=O) groups excluding carboxylic acids is 3. The Morgan fingerprint density at radius 3 is 2.19 bits per heavy atom. The Bertz CT molecular complexity index is 783. The van der Waals surface area contributed by atoms with Crippen molar-refractivity contribution in [1.82, 2.24) is 0 Å². The first-order valence-electron chi connectivity index (χ1n) is 6.00. The van der Waals surface area contributed by atoms with E-state index in [1.165, 1.54) is 12.1 Å². The van der Waals surface area contributed by atoms with Gasteiger partial charge < -0.3 is 22.5 Å². The van der Waals surface area contributed by atoms with Gasteiger partial charge in [0.15, 0.2) is 0 Å². The normalized spacial score (nSPS) is 13.4. The molecule has 0 unspecified atom stereocenters. The van der Waals surface area contributed by atoms with Crippen molar-refractivity contribution in [2.24, 2.45) is 0 Å². The number of rotatable bonds is 2. The van der Waals surface area contributed by atoms with E-state index in [0.717, 1.165) is 11.0 Å². The molecule has 0 fully saturated rings. The van der Waals surface area contributed by atoms with Crippen LogP contribution in [-0.2, 0) is 12.6 Å². The summed E-state index contributed by atoms with van der Waals surface area (Å²) in [4.78, 5) is 37.1. The fourth-order valence-electron chi connectivity index (χ4n) is 2.20. The van der Waals surface area contributed by atoms with E-state index in [9.17, 15) is 19.5 Å². The monoisotopic (exact) mass is 297 g/mol. The molecule has 104 valence electrons. The first kappa shape index (κ1) is 13.3. The van der Waals surface area contributed by atoms with Crippen molar-refractivity contribution in [3.05, 3.63) is 59.2 Å². The number of carboxylic acids is 1. The minimum absolute atomic E-state index is 0.0594. The molecule has 3 rings (SSSR count). The highest BCUT2D eigenvalue weighted by Gasteiger charge is 2.36. The second-order valence-electron chi connectivity index (χ2n) is 4.49. The standard InChI is InChI=1S/C15H9NO4S/c17-13-11-6-1-8(15(19)20)7-12(11)14(18)16(13)9-2-4-10(21)5-3-9/h1-7,21H,(H,19,20)/p-2. The predicted molar refractivity (Wildman–Crippen MR) is 74.0 cm³/mol. The highest BCUT2D eigenvalue weighted by molar-refractivity contribution is 7.58. The number of aromatic carboxylic acids is 1. The van der Waals surface area contributed by atoms with Crippen molar-refractivity contribution < 1.29 is 19.5 Å².